The first-order valence-electron chi connectivity index (χ1n) is 8.46. The Morgan fingerprint density at radius 2 is 1.54 bits per heavy atom. The minimum Gasteiger partial charge on any atom is -0.437 e. The van der Waals surface area contributed by atoms with Crippen LogP contribution in [0.15, 0.2) is 77.5 Å². The molecule has 1 aromatic carbocycles. The molecular weight excluding hydrogens is 322 g/mol. The lowest BCUT2D eigenvalue weighted by molar-refractivity contribution is 0.653. The SMILES string of the molecule is Cc1ccc2c(n1)oc1c(-c3ccccn3)cc(-c3ccccn3)cc12. The first-order chi connectivity index (χ1) is 12.8. The van der Waals surface area contributed by atoms with Crippen LogP contribution in [0, 0.1) is 6.92 Å². The van der Waals surface area contributed by atoms with Crippen LogP contribution >= 0.6 is 0 Å². The largest absolute Gasteiger partial charge is 0.437 e. The summed E-state index contributed by atoms with van der Waals surface area (Å²) < 4.78 is 6.14. The number of aromatic nitrogens is 3. The van der Waals surface area contributed by atoms with E-state index in [9.17, 15) is 0 Å². The van der Waals surface area contributed by atoms with Crippen molar-refractivity contribution in [2.24, 2.45) is 0 Å². The molecule has 0 amide bonds. The number of hydrogen-bond donors (Lipinski definition) is 0. The van der Waals surface area contributed by atoms with Gasteiger partial charge >= 0.3 is 0 Å². The van der Waals surface area contributed by atoms with Crippen molar-refractivity contribution in [1.82, 2.24) is 15.0 Å². The number of pyridine rings is 3. The zero-order chi connectivity index (χ0) is 17.5. The summed E-state index contributed by atoms with van der Waals surface area (Å²) in [7, 11) is 0. The van der Waals surface area contributed by atoms with Gasteiger partial charge in [0.25, 0.3) is 0 Å². The highest BCUT2D eigenvalue weighted by atomic mass is 16.3. The van der Waals surface area contributed by atoms with E-state index in [1.807, 2.05) is 49.4 Å². The monoisotopic (exact) mass is 337 g/mol. The maximum absolute atomic E-state index is 6.14. The van der Waals surface area contributed by atoms with Crippen LogP contribution < -0.4 is 0 Å². The maximum Gasteiger partial charge on any atom is 0.227 e. The second kappa shape index (κ2) is 5.77. The van der Waals surface area contributed by atoms with E-state index >= 15 is 0 Å². The number of rotatable bonds is 2. The van der Waals surface area contributed by atoms with E-state index in [2.05, 4.69) is 33.2 Å². The number of furan rings is 1. The van der Waals surface area contributed by atoms with Crippen molar-refractivity contribution in [2.45, 2.75) is 6.92 Å². The van der Waals surface area contributed by atoms with E-state index in [4.69, 9.17) is 4.42 Å². The molecule has 0 aliphatic rings. The highest BCUT2D eigenvalue weighted by molar-refractivity contribution is 6.10. The van der Waals surface area contributed by atoms with Gasteiger partial charge in [-0.25, -0.2) is 4.98 Å². The van der Waals surface area contributed by atoms with Crippen molar-refractivity contribution in [3.8, 4) is 22.5 Å². The van der Waals surface area contributed by atoms with Crippen molar-refractivity contribution < 1.29 is 4.42 Å². The van der Waals surface area contributed by atoms with Crippen molar-refractivity contribution in [1.29, 1.82) is 0 Å². The molecular formula is C22H15N3O. The molecule has 26 heavy (non-hydrogen) atoms. The Kier molecular flexibility index (Phi) is 3.28. The Morgan fingerprint density at radius 3 is 2.27 bits per heavy atom. The minimum absolute atomic E-state index is 0.648. The smallest absolute Gasteiger partial charge is 0.227 e. The van der Waals surface area contributed by atoms with E-state index in [1.165, 1.54) is 0 Å². The molecule has 0 bridgehead atoms. The van der Waals surface area contributed by atoms with Crippen LogP contribution in [0.3, 0.4) is 0 Å². The van der Waals surface area contributed by atoms with Gasteiger partial charge in [-0.05, 0) is 55.5 Å². The van der Waals surface area contributed by atoms with Crippen molar-refractivity contribution >= 4 is 22.1 Å². The molecule has 0 radical (unpaired) electrons. The molecule has 0 unspecified atom stereocenters. The molecule has 4 heteroatoms. The predicted octanol–water partition coefficient (Wildman–Crippen LogP) is 5.41. The van der Waals surface area contributed by atoms with E-state index < -0.39 is 0 Å². The molecule has 0 aliphatic carbocycles. The van der Waals surface area contributed by atoms with E-state index in [0.29, 0.717) is 5.71 Å². The van der Waals surface area contributed by atoms with Crippen LogP contribution in [0.5, 0.6) is 0 Å². The van der Waals surface area contributed by atoms with Gasteiger partial charge in [0.2, 0.25) is 5.71 Å². The lowest BCUT2D eigenvalue weighted by atomic mass is 10.0. The fourth-order valence-corrected chi connectivity index (χ4v) is 3.24. The number of hydrogen-bond acceptors (Lipinski definition) is 4. The maximum atomic E-state index is 6.14. The van der Waals surface area contributed by atoms with Crippen molar-refractivity contribution in [3.05, 3.63) is 78.8 Å². The van der Waals surface area contributed by atoms with Crippen molar-refractivity contribution in [2.75, 3.05) is 0 Å². The average Bonchev–Trinajstić information content (AvgIpc) is 3.06. The van der Waals surface area contributed by atoms with E-state index in [-0.39, 0.29) is 0 Å². The fourth-order valence-electron chi connectivity index (χ4n) is 3.24. The molecule has 0 saturated carbocycles. The Labute approximate surface area is 150 Å². The molecule has 5 rings (SSSR count). The third kappa shape index (κ3) is 2.35. The standard InChI is InChI=1S/C22H15N3O/c1-14-8-9-16-17-12-15(19-6-2-4-10-23-19)13-18(20-7-3-5-11-24-20)21(17)26-22(16)25-14/h2-13H,1H3. The van der Waals surface area contributed by atoms with Gasteiger partial charge < -0.3 is 4.42 Å². The molecule has 4 nitrogen and oxygen atoms in total. The Morgan fingerprint density at radius 1 is 0.769 bits per heavy atom. The summed E-state index contributed by atoms with van der Waals surface area (Å²) in [5.41, 5.74) is 6.14. The molecule has 4 aromatic heterocycles. The molecule has 124 valence electrons. The first kappa shape index (κ1) is 14.8. The summed E-state index contributed by atoms with van der Waals surface area (Å²) in [6, 6.07) is 20.1. The average molecular weight is 337 g/mol. The summed E-state index contributed by atoms with van der Waals surface area (Å²) in [6.07, 6.45) is 3.60. The van der Waals surface area contributed by atoms with Gasteiger partial charge in [-0.15, -0.1) is 0 Å². The van der Waals surface area contributed by atoms with Gasteiger partial charge in [-0.3, -0.25) is 9.97 Å². The lowest BCUT2D eigenvalue weighted by Gasteiger charge is -2.06. The van der Waals surface area contributed by atoms with Gasteiger partial charge in [-0.2, -0.15) is 0 Å². The number of aryl methyl sites for hydroxylation is 1. The molecule has 0 spiro atoms. The molecule has 4 heterocycles. The third-order valence-corrected chi connectivity index (χ3v) is 4.48. The van der Waals surface area contributed by atoms with Crippen LogP contribution in [0.4, 0.5) is 0 Å². The van der Waals surface area contributed by atoms with Crippen LogP contribution in [0.25, 0.3) is 44.6 Å². The highest BCUT2D eigenvalue weighted by Crippen LogP contribution is 2.37. The zero-order valence-electron chi connectivity index (χ0n) is 14.2. The van der Waals surface area contributed by atoms with Gasteiger partial charge in [0, 0.05) is 40.0 Å². The van der Waals surface area contributed by atoms with Gasteiger partial charge in [0.1, 0.15) is 5.58 Å². The normalized spacial score (nSPS) is 11.3. The van der Waals surface area contributed by atoms with Crippen molar-refractivity contribution in [3.63, 3.8) is 0 Å². The van der Waals surface area contributed by atoms with Crippen LogP contribution in [0.1, 0.15) is 5.69 Å². The second-order valence-corrected chi connectivity index (χ2v) is 6.24. The number of nitrogens with zero attached hydrogens (tertiary/aromatic N) is 3. The molecule has 0 fully saturated rings. The highest BCUT2D eigenvalue weighted by Gasteiger charge is 2.16. The van der Waals surface area contributed by atoms with Crippen LogP contribution in [0.2, 0.25) is 0 Å². The quantitative estimate of drug-likeness (QED) is 0.432. The van der Waals surface area contributed by atoms with Crippen LogP contribution in [-0.4, -0.2) is 15.0 Å². The summed E-state index contributed by atoms with van der Waals surface area (Å²) in [5, 5.41) is 2.02. The lowest BCUT2D eigenvalue weighted by Crippen LogP contribution is -1.87. The van der Waals surface area contributed by atoms with E-state index in [0.717, 1.165) is 44.6 Å². The first-order valence-corrected chi connectivity index (χ1v) is 8.46. The molecule has 0 saturated heterocycles. The summed E-state index contributed by atoms with van der Waals surface area (Å²) in [6.45, 7) is 1.96. The summed E-state index contributed by atoms with van der Waals surface area (Å²) in [5.74, 6) is 0. The van der Waals surface area contributed by atoms with Gasteiger partial charge in [0.15, 0.2) is 0 Å². The number of benzene rings is 1. The Balaban J connectivity index is 1.90. The third-order valence-electron chi connectivity index (χ3n) is 4.48. The fraction of sp³-hybridized carbons (Fsp3) is 0.0455. The second-order valence-electron chi connectivity index (χ2n) is 6.24. The number of fused-ring (bicyclic) bond motifs is 3. The predicted molar refractivity (Wildman–Crippen MR) is 103 cm³/mol. The molecule has 0 aliphatic heterocycles. The molecule has 0 N–H and O–H groups in total. The van der Waals surface area contributed by atoms with Crippen LogP contribution in [-0.2, 0) is 0 Å². The Hall–Kier alpha value is -3.53. The minimum atomic E-state index is 0.648. The van der Waals surface area contributed by atoms with Gasteiger partial charge in [0.05, 0.1) is 11.4 Å². The van der Waals surface area contributed by atoms with E-state index in [1.54, 1.807) is 12.4 Å². The zero-order valence-corrected chi connectivity index (χ0v) is 14.2. The van der Waals surface area contributed by atoms with Gasteiger partial charge in [-0.1, -0.05) is 12.1 Å². The summed E-state index contributed by atoms with van der Waals surface area (Å²) in [4.78, 5) is 13.6. The summed E-state index contributed by atoms with van der Waals surface area (Å²) >= 11 is 0. The molecule has 0 atom stereocenters. The molecule has 5 aromatic rings. The topological polar surface area (TPSA) is 51.8 Å². The Bertz CT molecular complexity index is 1230.